The van der Waals surface area contributed by atoms with Crippen molar-refractivity contribution in [3.05, 3.63) is 95.6 Å². The van der Waals surface area contributed by atoms with Crippen molar-refractivity contribution in [2.24, 2.45) is 5.73 Å². The average molecular weight is 717 g/mol. The van der Waals surface area contributed by atoms with Crippen LogP contribution in [-0.2, 0) is 48.0 Å². The molecule has 1 aliphatic heterocycles. The molecule has 1 aliphatic rings. The van der Waals surface area contributed by atoms with Gasteiger partial charge in [0.05, 0.1) is 12.6 Å². The molecule has 15 heteroatoms. The first kappa shape index (κ1) is 38.8. The summed E-state index contributed by atoms with van der Waals surface area (Å²) in [7, 11) is 0. The van der Waals surface area contributed by atoms with E-state index in [9.17, 15) is 44.1 Å². The van der Waals surface area contributed by atoms with Gasteiger partial charge in [0, 0.05) is 19.4 Å². The summed E-state index contributed by atoms with van der Waals surface area (Å²) >= 11 is 0. The van der Waals surface area contributed by atoms with Crippen LogP contribution in [0.1, 0.15) is 36.5 Å². The Balaban J connectivity index is 1.39. The Labute approximate surface area is 300 Å². The van der Waals surface area contributed by atoms with Gasteiger partial charge in [-0.2, -0.15) is 0 Å². The predicted molar refractivity (Wildman–Crippen MR) is 189 cm³/mol. The number of nitrogens with one attached hydrogen (secondary N) is 4. The number of likely N-dealkylation sites (tertiary alicyclic amines) is 1. The van der Waals surface area contributed by atoms with E-state index in [1.54, 1.807) is 54.6 Å². The Morgan fingerprint density at radius 1 is 0.731 bits per heavy atom. The maximum atomic E-state index is 13.5. The summed E-state index contributed by atoms with van der Waals surface area (Å²) in [6, 6.07) is 15.6. The number of aromatic hydroxyl groups is 2. The maximum Gasteiger partial charge on any atom is 0.326 e. The van der Waals surface area contributed by atoms with E-state index in [2.05, 4.69) is 21.3 Å². The molecule has 0 aliphatic carbocycles. The van der Waals surface area contributed by atoms with E-state index in [1.807, 2.05) is 0 Å². The largest absolute Gasteiger partial charge is 0.508 e. The van der Waals surface area contributed by atoms with Crippen LogP contribution in [0, 0.1) is 0 Å². The van der Waals surface area contributed by atoms with Crippen LogP contribution in [0.4, 0.5) is 0 Å². The topological polar surface area (TPSA) is 240 Å². The number of carbonyl (C=O) groups excluding carboxylic acids is 5. The number of carbonyl (C=O) groups is 6. The number of phenols is 2. The van der Waals surface area contributed by atoms with Gasteiger partial charge in [0.1, 0.15) is 35.7 Å². The fourth-order valence-electron chi connectivity index (χ4n) is 5.81. The van der Waals surface area contributed by atoms with Crippen molar-refractivity contribution in [1.82, 2.24) is 26.2 Å². The molecule has 4 rings (SSSR count). The smallest absolute Gasteiger partial charge is 0.326 e. The second-order valence-electron chi connectivity index (χ2n) is 12.7. The highest BCUT2D eigenvalue weighted by atomic mass is 16.4. The number of nitrogens with two attached hydrogens (primary N) is 1. The standard InChI is InChI=1S/C37H44N6O9/c1-22(40-34(48)28(38)18-24-9-13-26(44)14-10-24)33(47)42-29(19-23-6-3-2-4-7-23)35(49)39-21-32(46)41-30(20-25-11-15-27(45)16-12-25)36(50)43-17-5-8-31(43)37(51)52/h2-4,6-7,9-16,22,28-31,44-45H,5,8,17-21,38H2,1H3,(H,39,49)(H,40,48)(H,41,46)(H,42,47)(H,51,52). The van der Waals surface area contributed by atoms with Crippen molar-refractivity contribution in [3.8, 4) is 11.5 Å². The Bertz CT molecular complexity index is 1720. The summed E-state index contributed by atoms with van der Waals surface area (Å²) < 4.78 is 0. The normalized spacial score (nSPS) is 16.1. The zero-order valence-corrected chi connectivity index (χ0v) is 28.7. The summed E-state index contributed by atoms with van der Waals surface area (Å²) in [4.78, 5) is 79.1. The quantitative estimate of drug-likeness (QED) is 0.0996. The summed E-state index contributed by atoms with van der Waals surface area (Å²) in [5, 5.41) is 39.1. The molecule has 0 saturated carbocycles. The summed E-state index contributed by atoms with van der Waals surface area (Å²) in [5.74, 6) is -4.38. The van der Waals surface area contributed by atoms with Gasteiger partial charge in [0.2, 0.25) is 29.5 Å². The van der Waals surface area contributed by atoms with E-state index in [0.717, 1.165) is 0 Å². The van der Waals surface area contributed by atoms with Crippen LogP contribution < -0.4 is 27.0 Å². The lowest BCUT2D eigenvalue weighted by Crippen LogP contribution is -2.57. The van der Waals surface area contributed by atoms with Gasteiger partial charge < -0.3 is 47.2 Å². The van der Waals surface area contributed by atoms with Gasteiger partial charge in [-0.1, -0.05) is 54.6 Å². The molecule has 5 unspecified atom stereocenters. The highest BCUT2D eigenvalue weighted by Crippen LogP contribution is 2.20. The number of benzene rings is 3. The summed E-state index contributed by atoms with van der Waals surface area (Å²) in [6.45, 7) is 1.07. The molecule has 0 aromatic heterocycles. The molecule has 52 heavy (non-hydrogen) atoms. The Morgan fingerprint density at radius 2 is 1.29 bits per heavy atom. The third-order valence-corrected chi connectivity index (χ3v) is 8.65. The maximum absolute atomic E-state index is 13.5. The van der Waals surface area contributed by atoms with E-state index >= 15 is 0 Å². The minimum Gasteiger partial charge on any atom is -0.508 e. The van der Waals surface area contributed by atoms with Crippen LogP contribution in [0.25, 0.3) is 0 Å². The van der Waals surface area contributed by atoms with E-state index < -0.39 is 72.3 Å². The molecule has 5 amide bonds. The first-order valence-electron chi connectivity index (χ1n) is 16.9. The number of aliphatic carboxylic acids is 1. The van der Waals surface area contributed by atoms with Crippen molar-refractivity contribution >= 4 is 35.5 Å². The number of carboxylic acids is 1. The van der Waals surface area contributed by atoms with E-state index in [1.165, 1.54) is 36.1 Å². The van der Waals surface area contributed by atoms with Gasteiger partial charge in [0.15, 0.2) is 0 Å². The number of hydrogen-bond acceptors (Lipinski definition) is 9. The van der Waals surface area contributed by atoms with Gasteiger partial charge in [-0.15, -0.1) is 0 Å². The molecule has 1 fully saturated rings. The van der Waals surface area contributed by atoms with Crippen molar-refractivity contribution < 1.29 is 44.1 Å². The molecule has 0 spiro atoms. The van der Waals surface area contributed by atoms with Crippen LogP contribution >= 0.6 is 0 Å². The molecule has 5 atom stereocenters. The molecular weight excluding hydrogens is 672 g/mol. The van der Waals surface area contributed by atoms with Crippen molar-refractivity contribution in [3.63, 3.8) is 0 Å². The second kappa shape index (κ2) is 18.3. The minimum atomic E-state index is -1.17. The lowest BCUT2D eigenvalue weighted by Gasteiger charge is -2.27. The van der Waals surface area contributed by atoms with E-state index in [-0.39, 0.29) is 43.7 Å². The molecule has 0 radical (unpaired) electrons. The Kier molecular flexibility index (Phi) is 13.7. The Morgan fingerprint density at radius 3 is 1.88 bits per heavy atom. The number of carboxylic acid groups (broad SMARTS) is 1. The number of nitrogens with zero attached hydrogens (tertiary/aromatic N) is 1. The monoisotopic (exact) mass is 716 g/mol. The molecule has 1 heterocycles. The van der Waals surface area contributed by atoms with Crippen molar-refractivity contribution in [1.29, 1.82) is 0 Å². The lowest BCUT2D eigenvalue weighted by atomic mass is 10.0. The average Bonchev–Trinajstić information content (AvgIpc) is 3.63. The summed E-state index contributed by atoms with van der Waals surface area (Å²) in [6.07, 6.45) is 0.967. The first-order valence-corrected chi connectivity index (χ1v) is 16.9. The van der Waals surface area contributed by atoms with Gasteiger partial charge in [-0.25, -0.2) is 4.79 Å². The van der Waals surface area contributed by atoms with Crippen LogP contribution in [0.5, 0.6) is 11.5 Å². The van der Waals surface area contributed by atoms with Gasteiger partial charge >= 0.3 is 5.97 Å². The van der Waals surface area contributed by atoms with Crippen molar-refractivity contribution in [2.45, 2.75) is 69.2 Å². The zero-order chi connectivity index (χ0) is 37.8. The first-order chi connectivity index (χ1) is 24.8. The molecule has 1 saturated heterocycles. The van der Waals surface area contributed by atoms with Gasteiger partial charge in [-0.05, 0) is 67.1 Å². The number of rotatable bonds is 16. The van der Waals surface area contributed by atoms with E-state index in [0.29, 0.717) is 23.1 Å². The fourth-order valence-corrected chi connectivity index (χ4v) is 5.81. The number of hydrogen-bond donors (Lipinski definition) is 8. The van der Waals surface area contributed by atoms with Gasteiger partial charge in [-0.3, -0.25) is 24.0 Å². The third kappa shape index (κ3) is 11.3. The van der Waals surface area contributed by atoms with Gasteiger partial charge in [0.25, 0.3) is 0 Å². The number of phenolic OH excluding ortho intramolecular Hbond substituents is 2. The molecule has 276 valence electrons. The minimum absolute atomic E-state index is 0.00344. The van der Waals surface area contributed by atoms with Crippen LogP contribution in [0.3, 0.4) is 0 Å². The molecular formula is C37H44N6O9. The molecule has 9 N–H and O–H groups in total. The van der Waals surface area contributed by atoms with Crippen molar-refractivity contribution in [2.75, 3.05) is 13.1 Å². The lowest BCUT2D eigenvalue weighted by molar-refractivity contribution is -0.149. The predicted octanol–water partition coefficient (Wildman–Crippen LogP) is 0.119. The fraction of sp³-hybridized carbons (Fsp3) is 0.351. The van der Waals surface area contributed by atoms with Crippen LogP contribution in [0.2, 0.25) is 0 Å². The van der Waals surface area contributed by atoms with E-state index in [4.69, 9.17) is 5.73 Å². The SMILES string of the molecule is CC(NC(=O)C(N)Cc1ccc(O)cc1)C(=O)NC(Cc1ccccc1)C(=O)NCC(=O)NC(Cc1ccc(O)cc1)C(=O)N1CCCC1C(=O)O. The highest BCUT2D eigenvalue weighted by molar-refractivity contribution is 5.95. The Hall–Kier alpha value is -5.96. The molecule has 3 aromatic carbocycles. The number of amides is 5. The highest BCUT2D eigenvalue weighted by Gasteiger charge is 2.38. The third-order valence-electron chi connectivity index (χ3n) is 8.65. The summed E-state index contributed by atoms with van der Waals surface area (Å²) in [5.41, 5.74) is 8.05. The van der Waals surface area contributed by atoms with Crippen LogP contribution in [0.15, 0.2) is 78.9 Å². The molecule has 0 bridgehead atoms. The second-order valence-corrected chi connectivity index (χ2v) is 12.7. The molecule has 15 nitrogen and oxygen atoms in total. The van der Waals surface area contributed by atoms with Crippen LogP contribution in [-0.4, -0.2) is 99.0 Å². The molecule has 3 aromatic rings. The zero-order valence-electron chi connectivity index (χ0n) is 28.7.